The van der Waals surface area contributed by atoms with E-state index in [4.69, 9.17) is 16.6 Å². The van der Waals surface area contributed by atoms with Crippen molar-refractivity contribution in [2.75, 3.05) is 0 Å². The molecule has 206 valence electrons. The fraction of sp³-hybridized carbons (Fsp3) is 0.294. The standard InChI is InChI=1S/C34H34ClNO3S.Na/c1-33(2,39)29-9-4-3-7-24(29)13-17-31(40-34(18-19-34)22-32(37)38)26-8-5-6-23(20-26)10-15-28-16-12-25-11-14-27(35)21-30(25)36-28;/h3-12,14-16,20-21,31,39H,13,17-19,22H2,1-2H3,(H,37,38);/q;+1/b15-10+;/t31-;/m1./s1. The first-order chi connectivity index (χ1) is 19.1. The summed E-state index contributed by atoms with van der Waals surface area (Å²) < 4.78 is -0.200. The maximum absolute atomic E-state index is 11.6. The SMILES string of the molecule is CC(C)(O)c1ccccc1CC[C@@H](SC1(CC(=O)O)CC1)c1cccc(/C=C/c2ccc3ccc(Cl)cc3n2)c1.[Na+]. The zero-order valence-corrected chi connectivity index (χ0v) is 27.4. The monoisotopic (exact) mass is 594 g/mol. The second-order valence-electron chi connectivity index (χ2n) is 11.2. The van der Waals surface area contributed by atoms with Gasteiger partial charge in [-0.15, -0.1) is 11.8 Å². The molecule has 1 atom stereocenters. The van der Waals surface area contributed by atoms with Crippen LogP contribution in [0.2, 0.25) is 5.02 Å². The predicted octanol–water partition coefficient (Wildman–Crippen LogP) is 5.70. The summed E-state index contributed by atoms with van der Waals surface area (Å²) in [5, 5.41) is 22.1. The van der Waals surface area contributed by atoms with Gasteiger partial charge in [0.05, 0.1) is 23.2 Å². The molecule has 7 heteroatoms. The van der Waals surface area contributed by atoms with Crippen LogP contribution < -0.4 is 29.6 Å². The van der Waals surface area contributed by atoms with E-state index in [1.54, 1.807) is 11.8 Å². The summed E-state index contributed by atoms with van der Waals surface area (Å²) in [5.41, 5.74) is 5.10. The van der Waals surface area contributed by atoms with E-state index in [-0.39, 0.29) is 46.0 Å². The number of nitrogens with zero attached hydrogens (tertiary/aromatic N) is 1. The first-order valence-corrected chi connectivity index (χ1v) is 14.9. The summed E-state index contributed by atoms with van der Waals surface area (Å²) in [5.74, 6) is -0.739. The van der Waals surface area contributed by atoms with Crippen LogP contribution in [0.4, 0.5) is 0 Å². The molecule has 4 nitrogen and oxygen atoms in total. The Morgan fingerprint density at radius 1 is 1.05 bits per heavy atom. The van der Waals surface area contributed by atoms with Crippen molar-refractivity contribution in [1.29, 1.82) is 0 Å². The van der Waals surface area contributed by atoms with Gasteiger partial charge in [0.1, 0.15) is 0 Å². The Labute approximate surface area is 273 Å². The Kier molecular flexibility index (Phi) is 10.4. The van der Waals surface area contributed by atoms with E-state index < -0.39 is 11.6 Å². The fourth-order valence-electron chi connectivity index (χ4n) is 5.21. The number of carboxylic acids is 1. The Hall–Kier alpha value is -2.12. The number of aromatic nitrogens is 1. The van der Waals surface area contributed by atoms with Gasteiger partial charge in [0.2, 0.25) is 0 Å². The number of pyridine rings is 1. The molecule has 3 aromatic carbocycles. The van der Waals surface area contributed by atoms with Crippen molar-refractivity contribution < 1.29 is 44.6 Å². The van der Waals surface area contributed by atoms with Gasteiger partial charge >= 0.3 is 35.5 Å². The maximum Gasteiger partial charge on any atom is 1.00 e. The number of thioether (sulfide) groups is 1. The Morgan fingerprint density at radius 3 is 2.54 bits per heavy atom. The van der Waals surface area contributed by atoms with Crippen molar-refractivity contribution in [2.45, 2.75) is 61.5 Å². The molecule has 1 fully saturated rings. The number of hydrogen-bond acceptors (Lipinski definition) is 4. The van der Waals surface area contributed by atoms with Crippen LogP contribution in [0.3, 0.4) is 0 Å². The zero-order valence-electron chi connectivity index (χ0n) is 23.8. The minimum atomic E-state index is -0.924. The number of aryl methyl sites for hydroxylation is 1. The largest absolute Gasteiger partial charge is 1.00 e. The Morgan fingerprint density at radius 2 is 1.80 bits per heavy atom. The number of aliphatic carboxylic acids is 1. The smallest absolute Gasteiger partial charge is 0.481 e. The molecular weight excluding hydrogens is 561 g/mol. The van der Waals surface area contributed by atoms with Crippen LogP contribution in [0.15, 0.2) is 78.9 Å². The van der Waals surface area contributed by atoms with Crippen LogP contribution in [0.25, 0.3) is 23.1 Å². The average Bonchev–Trinajstić information content (AvgIpc) is 3.67. The number of rotatable bonds is 11. The Balaban J connectivity index is 0.00000387. The van der Waals surface area contributed by atoms with E-state index in [1.165, 1.54) is 5.56 Å². The molecule has 0 unspecified atom stereocenters. The molecule has 0 radical (unpaired) electrons. The average molecular weight is 595 g/mol. The maximum atomic E-state index is 11.6. The molecule has 0 saturated heterocycles. The molecule has 1 saturated carbocycles. The summed E-state index contributed by atoms with van der Waals surface area (Å²) in [6.07, 6.45) is 7.76. The first-order valence-electron chi connectivity index (χ1n) is 13.7. The van der Waals surface area contributed by atoms with Gasteiger partial charge in [-0.05, 0) is 86.1 Å². The van der Waals surface area contributed by atoms with Gasteiger partial charge in [0, 0.05) is 20.4 Å². The van der Waals surface area contributed by atoms with Crippen molar-refractivity contribution in [3.63, 3.8) is 0 Å². The van der Waals surface area contributed by atoms with Crippen LogP contribution in [0.1, 0.15) is 72.7 Å². The first kappa shape index (κ1) is 31.8. The minimum absolute atomic E-state index is 0. The number of halogens is 1. The van der Waals surface area contributed by atoms with Crippen molar-refractivity contribution in [1.82, 2.24) is 4.98 Å². The van der Waals surface area contributed by atoms with Crippen LogP contribution >= 0.6 is 23.4 Å². The molecule has 1 heterocycles. The zero-order chi connectivity index (χ0) is 28.3. The molecule has 5 rings (SSSR count). The Bertz CT molecular complexity index is 1560. The molecule has 0 aliphatic heterocycles. The number of benzene rings is 3. The minimum Gasteiger partial charge on any atom is -0.481 e. The quantitative estimate of drug-likeness (QED) is 0.218. The van der Waals surface area contributed by atoms with Crippen LogP contribution in [0, 0.1) is 0 Å². The van der Waals surface area contributed by atoms with Crippen LogP contribution in [-0.4, -0.2) is 25.9 Å². The number of aliphatic hydroxyl groups is 1. The summed E-state index contributed by atoms with van der Waals surface area (Å²) in [6, 6.07) is 26.3. The molecular formula is C34H34ClNNaO3S+. The van der Waals surface area contributed by atoms with E-state index in [0.717, 1.165) is 59.0 Å². The number of carbonyl (C=O) groups is 1. The third-order valence-corrected chi connectivity index (χ3v) is 9.51. The molecule has 0 spiro atoms. The molecule has 4 aromatic rings. The molecule has 1 aliphatic rings. The number of hydrogen-bond donors (Lipinski definition) is 2. The van der Waals surface area contributed by atoms with Crippen LogP contribution in [0.5, 0.6) is 0 Å². The van der Waals surface area contributed by atoms with E-state index in [1.807, 2.05) is 68.5 Å². The van der Waals surface area contributed by atoms with Crippen molar-refractivity contribution in [2.24, 2.45) is 0 Å². The van der Waals surface area contributed by atoms with Gasteiger partial charge in [-0.25, -0.2) is 4.98 Å². The van der Waals surface area contributed by atoms with Gasteiger partial charge in [-0.1, -0.05) is 78.3 Å². The van der Waals surface area contributed by atoms with Crippen molar-refractivity contribution >= 4 is 52.4 Å². The molecule has 0 bridgehead atoms. The number of fused-ring (bicyclic) bond motifs is 1. The van der Waals surface area contributed by atoms with Gasteiger partial charge in [-0.2, -0.15) is 0 Å². The van der Waals surface area contributed by atoms with E-state index in [9.17, 15) is 15.0 Å². The summed E-state index contributed by atoms with van der Waals surface area (Å²) in [7, 11) is 0. The second-order valence-corrected chi connectivity index (χ2v) is 13.3. The molecule has 1 aromatic heterocycles. The topological polar surface area (TPSA) is 70.4 Å². The van der Waals surface area contributed by atoms with Gasteiger partial charge in [-0.3, -0.25) is 4.79 Å². The van der Waals surface area contributed by atoms with Crippen LogP contribution in [-0.2, 0) is 16.8 Å². The van der Waals surface area contributed by atoms with E-state index in [0.29, 0.717) is 5.02 Å². The molecule has 41 heavy (non-hydrogen) atoms. The van der Waals surface area contributed by atoms with Gasteiger partial charge < -0.3 is 10.2 Å². The summed E-state index contributed by atoms with van der Waals surface area (Å²) >= 11 is 7.97. The third-order valence-electron chi connectivity index (χ3n) is 7.43. The van der Waals surface area contributed by atoms with Crippen molar-refractivity contribution in [3.05, 3.63) is 112 Å². The fourth-order valence-corrected chi connectivity index (χ4v) is 7.04. The second kappa shape index (κ2) is 13.5. The molecule has 1 aliphatic carbocycles. The third kappa shape index (κ3) is 8.47. The summed E-state index contributed by atoms with van der Waals surface area (Å²) in [6.45, 7) is 3.64. The van der Waals surface area contributed by atoms with E-state index in [2.05, 4.69) is 36.4 Å². The van der Waals surface area contributed by atoms with E-state index >= 15 is 0 Å². The van der Waals surface area contributed by atoms with Crippen molar-refractivity contribution in [3.8, 4) is 0 Å². The van der Waals surface area contributed by atoms with Gasteiger partial charge in [0.25, 0.3) is 0 Å². The van der Waals surface area contributed by atoms with Gasteiger partial charge in [0.15, 0.2) is 0 Å². The molecule has 2 N–H and O–H groups in total. The predicted molar refractivity (Wildman–Crippen MR) is 167 cm³/mol. The number of carboxylic acid groups (broad SMARTS) is 1. The summed E-state index contributed by atoms with van der Waals surface area (Å²) in [4.78, 5) is 16.4. The molecule has 0 amide bonds. The normalized spacial score (nSPS) is 15.0.